The third-order valence-corrected chi connectivity index (χ3v) is 2.71. The minimum absolute atomic E-state index is 0.508. The van der Waals surface area contributed by atoms with E-state index in [9.17, 15) is 0 Å². The zero-order valence-corrected chi connectivity index (χ0v) is 9.16. The molecule has 2 aromatic heterocycles. The number of nitrogens with zero attached hydrogens (tertiary/aromatic N) is 3. The van der Waals surface area contributed by atoms with Gasteiger partial charge in [0.25, 0.3) is 0 Å². The van der Waals surface area contributed by atoms with Crippen molar-refractivity contribution < 1.29 is 0 Å². The molecular formula is C9H7ClN4S. The molecule has 15 heavy (non-hydrogen) atoms. The van der Waals surface area contributed by atoms with E-state index in [1.165, 1.54) is 24.2 Å². The van der Waals surface area contributed by atoms with Gasteiger partial charge in [-0.1, -0.05) is 11.6 Å². The summed E-state index contributed by atoms with van der Waals surface area (Å²) in [6, 6.07) is 3.56. The van der Waals surface area contributed by atoms with Crippen LogP contribution in [0.15, 0.2) is 40.9 Å². The Balaban J connectivity index is 2.22. The lowest BCUT2D eigenvalue weighted by atomic mass is 10.4. The Morgan fingerprint density at radius 1 is 1.20 bits per heavy atom. The van der Waals surface area contributed by atoms with Crippen LogP contribution in [0.2, 0.25) is 5.02 Å². The Kier molecular flexibility index (Phi) is 3.03. The summed E-state index contributed by atoms with van der Waals surface area (Å²) >= 11 is 6.98. The average molecular weight is 239 g/mol. The van der Waals surface area contributed by atoms with Crippen molar-refractivity contribution in [2.45, 2.75) is 10.2 Å². The molecule has 0 saturated carbocycles. The van der Waals surface area contributed by atoms with E-state index in [2.05, 4.69) is 15.0 Å². The van der Waals surface area contributed by atoms with Crippen molar-refractivity contribution in [2.24, 2.45) is 0 Å². The molecule has 0 atom stereocenters. The molecule has 0 aromatic carbocycles. The van der Waals surface area contributed by atoms with E-state index >= 15 is 0 Å². The molecule has 6 heteroatoms. The molecule has 76 valence electrons. The van der Waals surface area contributed by atoms with Gasteiger partial charge in [0, 0.05) is 6.20 Å². The van der Waals surface area contributed by atoms with Gasteiger partial charge in [0.2, 0.25) is 0 Å². The van der Waals surface area contributed by atoms with E-state index < -0.39 is 0 Å². The van der Waals surface area contributed by atoms with Crippen molar-refractivity contribution in [3.63, 3.8) is 0 Å². The van der Waals surface area contributed by atoms with Gasteiger partial charge >= 0.3 is 0 Å². The lowest BCUT2D eigenvalue weighted by molar-refractivity contribution is 0.961. The fourth-order valence-corrected chi connectivity index (χ4v) is 1.71. The average Bonchev–Trinajstić information content (AvgIpc) is 2.25. The number of rotatable bonds is 2. The highest BCUT2D eigenvalue weighted by molar-refractivity contribution is 7.99. The van der Waals surface area contributed by atoms with Gasteiger partial charge in [0.1, 0.15) is 5.03 Å². The molecule has 0 bridgehead atoms. The van der Waals surface area contributed by atoms with Crippen LogP contribution in [0.5, 0.6) is 0 Å². The van der Waals surface area contributed by atoms with Crippen molar-refractivity contribution in [1.29, 1.82) is 0 Å². The molecule has 0 amide bonds. The summed E-state index contributed by atoms with van der Waals surface area (Å²) < 4.78 is 0. The topological polar surface area (TPSA) is 64.7 Å². The lowest BCUT2D eigenvalue weighted by Crippen LogP contribution is -1.92. The van der Waals surface area contributed by atoms with E-state index in [1.807, 2.05) is 0 Å². The van der Waals surface area contributed by atoms with Crippen LogP contribution in [-0.2, 0) is 0 Å². The Morgan fingerprint density at radius 3 is 2.60 bits per heavy atom. The summed E-state index contributed by atoms with van der Waals surface area (Å²) in [4.78, 5) is 12.2. The molecule has 2 heterocycles. The molecule has 0 aliphatic rings. The summed E-state index contributed by atoms with van der Waals surface area (Å²) in [5, 5.41) is 1.78. The summed E-state index contributed by atoms with van der Waals surface area (Å²) in [5.74, 6) is 0. The Bertz CT molecular complexity index is 460. The fourth-order valence-electron chi connectivity index (χ4n) is 0.928. The molecule has 0 aliphatic heterocycles. The molecule has 2 aromatic rings. The van der Waals surface area contributed by atoms with Crippen molar-refractivity contribution in [3.8, 4) is 0 Å². The maximum absolute atomic E-state index is 5.73. The number of hydrogen-bond donors (Lipinski definition) is 1. The number of nitrogens with two attached hydrogens (primary N) is 1. The monoisotopic (exact) mass is 238 g/mol. The molecular weight excluding hydrogens is 232 g/mol. The zero-order chi connectivity index (χ0) is 10.7. The summed E-state index contributed by atoms with van der Waals surface area (Å²) in [7, 11) is 0. The Morgan fingerprint density at radius 2 is 1.93 bits per heavy atom. The molecule has 0 saturated heterocycles. The number of pyridine rings is 1. The second kappa shape index (κ2) is 4.46. The predicted molar refractivity (Wildman–Crippen MR) is 59.8 cm³/mol. The molecule has 0 unspecified atom stereocenters. The van der Waals surface area contributed by atoms with E-state index in [0.717, 1.165) is 0 Å². The normalized spacial score (nSPS) is 10.2. The van der Waals surface area contributed by atoms with Crippen LogP contribution in [-0.4, -0.2) is 15.0 Å². The van der Waals surface area contributed by atoms with Gasteiger partial charge in [-0.2, -0.15) is 0 Å². The van der Waals surface area contributed by atoms with Crippen molar-refractivity contribution in [2.75, 3.05) is 5.73 Å². The minimum Gasteiger partial charge on any atom is -0.397 e. The first-order valence-corrected chi connectivity index (χ1v) is 5.31. The summed E-state index contributed by atoms with van der Waals surface area (Å²) in [6.45, 7) is 0. The van der Waals surface area contributed by atoms with Crippen LogP contribution in [0.4, 0.5) is 5.69 Å². The third-order valence-electron chi connectivity index (χ3n) is 1.59. The van der Waals surface area contributed by atoms with Crippen molar-refractivity contribution in [1.82, 2.24) is 15.0 Å². The number of aromatic nitrogens is 3. The van der Waals surface area contributed by atoms with E-state index in [1.54, 1.807) is 18.3 Å². The van der Waals surface area contributed by atoms with Gasteiger partial charge in [-0.05, 0) is 23.9 Å². The third kappa shape index (κ3) is 2.57. The van der Waals surface area contributed by atoms with Crippen LogP contribution < -0.4 is 5.73 Å². The maximum atomic E-state index is 5.73. The Hall–Kier alpha value is -1.33. The first-order chi connectivity index (χ1) is 7.25. The number of hydrogen-bond acceptors (Lipinski definition) is 5. The number of halogens is 1. The van der Waals surface area contributed by atoms with E-state index in [0.29, 0.717) is 20.9 Å². The van der Waals surface area contributed by atoms with Crippen LogP contribution in [0, 0.1) is 0 Å². The highest BCUT2D eigenvalue weighted by Crippen LogP contribution is 2.26. The van der Waals surface area contributed by atoms with E-state index in [4.69, 9.17) is 17.3 Å². The number of nitrogen functional groups attached to an aromatic ring is 1. The molecule has 2 N–H and O–H groups in total. The maximum Gasteiger partial charge on any atom is 0.194 e. The smallest absolute Gasteiger partial charge is 0.194 e. The lowest BCUT2D eigenvalue weighted by Gasteiger charge is -2.01. The molecule has 0 radical (unpaired) electrons. The zero-order valence-electron chi connectivity index (χ0n) is 7.59. The highest BCUT2D eigenvalue weighted by Gasteiger charge is 2.04. The number of anilines is 1. The first-order valence-electron chi connectivity index (χ1n) is 4.11. The van der Waals surface area contributed by atoms with Gasteiger partial charge in [-0.3, -0.25) is 0 Å². The molecule has 4 nitrogen and oxygen atoms in total. The standard InChI is InChI=1S/C9H7ClN4S/c10-6-4-13-9(14-5-6)15-8-7(11)2-1-3-12-8/h1-5H,11H2. The van der Waals surface area contributed by atoms with Crippen molar-refractivity contribution in [3.05, 3.63) is 35.7 Å². The van der Waals surface area contributed by atoms with Crippen molar-refractivity contribution >= 4 is 29.1 Å². The van der Waals surface area contributed by atoms with E-state index in [-0.39, 0.29) is 0 Å². The molecule has 2 rings (SSSR count). The fraction of sp³-hybridized carbons (Fsp3) is 0. The summed E-state index contributed by atoms with van der Waals surface area (Å²) in [5.41, 5.74) is 6.35. The van der Waals surface area contributed by atoms with Crippen LogP contribution >= 0.6 is 23.4 Å². The first kappa shape index (κ1) is 10.2. The molecule has 0 fully saturated rings. The quantitative estimate of drug-likeness (QED) is 0.813. The molecule has 0 spiro atoms. The highest BCUT2D eigenvalue weighted by atomic mass is 35.5. The largest absolute Gasteiger partial charge is 0.397 e. The van der Waals surface area contributed by atoms with Gasteiger partial charge in [0.15, 0.2) is 5.16 Å². The second-order valence-corrected chi connectivity index (χ2v) is 4.08. The van der Waals surface area contributed by atoms with Gasteiger partial charge < -0.3 is 5.73 Å². The predicted octanol–water partition coefficient (Wildman–Crippen LogP) is 2.26. The van der Waals surface area contributed by atoms with Gasteiger partial charge in [-0.25, -0.2) is 15.0 Å². The SMILES string of the molecule is Nc1cccnc1Sc1ncc(Cl)cn1. The second-order valence-electron chi connectivity index (χ2n) is 2.68. The Labute approximate surface area is 95.9 Å². The summed E-state index contributed by atoms with van der Waals surface area (Å²) in [6.07, 6.45) is 4.75. The van der Waals surface area contributed by atoms with Crippen LogP contribution in [0.1, 0.15) is 0 Å². The minimum atomic E-state index is 0.508. The van der Waals surface area contributed by atoms with Gasteiger partial charge in [-0.15, -0.1) is 0 Å². The van der Waals surface area contributed by atoms with Crippen LogP contribution in [0.3, 0.4) is 0 Å². The van der Waals surface area contributed by atoms with Gasteiger partial charge in [0.05, 0.1) is 23.1 Å². The molecule has 0 aliphatic carbocycles. The van der Waals surface area contributed by atoms with Crippen LogP contribution in [0.25, 0.3) is 0 Å².